The number of rotatable bonds is 6. The van der Waals surface area contributed by atoms with Crippen LogP contribution in [0.3, 0.4) is 0 Å². The first-order valence-corrected chi connectivity index (χ1v) is 14.5. The van der Waals surface area contributed by atoms with E-state index >= 15 is 4.39 Å². The number of pyridine rings is 3. The van der Waals surface area contributed by atoms with E-state index in [-0.39, 0.29) is 38.9 Å². The Morgan fingerprint density at radius 2 is 1.82 bits per heavy atom. The number of aryl methyl sites for hydroxylation is 1. The molecule has 9 nitrogen and oxygen atoms in total. The van der Waals surface area contributed by atoms with E-state index in [2.05, 4.69) is 21.9 Å². The SMILES string of the molecule is C=CC(=O)c1c(C#N)c(=O)n(-c2c(C)ccnc2C(C)C)c2nc(-c3c(F)c(F)c(F)c(N)c3Cl)c(Cl)c(N3CCNCC3)c12. The molecule has 4 heterocycles. The molecule has 45 heavy (non-hydrogen) atoms. The Balaban J connectivity index is 2.16. The van der Waals surface area contributed by atoms with Crippen LogP contribution in [-0.2, 0) is 0 Å². The zero-order chi connectivity index (χ0) is 32.9. The van der Waals surface area contributed by atoms with Crippen molar-refractivity contribution in [3.05, 3.63) is 85.2 Å². The predicted octanol–water partition coefficient (Wildman–Crippen LogP) is 5.84. The number of halogens is 5. The fourth-order valence-corrected chi connectivity index (χ4v) is 6.13. The number of anilines is 2. The van der Waals surface area contributed by atoms with E-state index < -0.39 is 56.3 Å². The average Bonchev–Trinajstić information content (AvgIpc) is 3.03. The molecule has 4 aromatic rings. The van der Waals surface area contributed by atoms with Crippen LogP contribution in [0.5, 0.6) is 0 Å². The van der Waals surface area contributed by atoms with Gasteiger partial charge in [-0.1, -0.05) is 43.6 Å². The molecule has 0 saturated carbocycles. The minimum absolute atomic E-state index is 0.00301. The number of ketones is 1. The molecule has 0 atom stereocenters. The summed E-state index contributed by atoms with van der Waals surface area (Å²) < 4.78 is 45.9. The van der Waals surface area contributed by atoms with Crippen molar-refractivity contribution in [2.75, 3.05) is 36.8 Å². The van der Waals surface area contributed by atoms with Crippen molar-refractivity contribution in [2.24, 2.45) is 0 Å². The Labute approximate surface area is 265 Å². The van der Waals surface area contributed by atoms with E-state index in [1.54, 1.807) is 24.1 Å². The molecule has 1 saturated heterocycles. The molecule has 0 unspecified atom stereocenters. The largest absolute Gasteiger partial charge is 0.395 e. The summed E-state index contributed by atoms with van der Waals surface area (Å²) in [4.78, 5) is 38.6. The Morgan fingerprint density at radius 1 is 1.16 bits per heavy atom. The quantitative estimate of drug-likeness (QED) is 0.0872. The van der Waals surface area contributed by atoms with Crippen LogP contribution in [0.25, 0.3) is 28.0 Å². The Hall–Kier alpha value is -4.44. The van der Waals surface area contributed by atoms with E-state index in [0.717, 1.165) is 10.6 Å². The van der Waals surface area contributed by atoms with E-state index in [9.17, 15) is 23.6 Å². The van der Waals surface area contributed by atoms with Crippen molar-refractivity contribution in [1.29, 1.82) is 5.26 Å². The highest BCUT2D eigenvalue weighted by Gasteiger charge is 2.34. The number of carbonyl (C=O) groups excluding carboxylic acids is 1. The van der Waals surface area contributed by atoms with E-state index in [1.165, 1.54) is 0 Å². The maximum absolute atomic E-state index is 15.6. The monoisotopic (exact) mass is 655 g/mol. The minimum Gasteiger partial charge on any atom is -0.395 e. The standard InChI is InChI=1S/C31H26Cl2F3N7O2/c1-5-16(44)17-15(12-37)31(45)43(28-14(4)6-7-40-26(28)13(2)3)30-18(17)29(42-10-8-39-9-11-42)21(33)27(41-30)19-20(32)25(38)24(36)23(35)22(19)34/h5-7,13,39H,1,8-11,38H2,2-4H3. The van der Waals surface area contributed by atoms with Gasteiger partial charge in [-0.25, -0.2) is 18.2 Å². The number of benzene rings is 1. The Bertz CT molecular complexity index is 2000. The Morgan fingerprint density at radius 3 is 2.42 bits per heavy atom. The van der Waals surface area contributed by atoms with Crippen LogP contribution < -0.4 is 21.5 Å². The molecule has 14 heteroatoms. The highest BCUT2D eigenvalue weighted by Crippen LogP contribution is 2.47. The first-order valence-electron chi connectivity index (χ1n) is 13.8. The molecular formula is C31H26Cl2F3N7O2. The van der Waals surface area contributed by atoms with Crippen molar-refractivity contribution >= 4 is 51.4 Å². The highest BCUT2D eigenvalue weighted by atomic mass is 35.5. The van der Waals surface area contributed by atoms with Gasteiger partial charge in [-0.2, -0.15) is 5.26 Å². The van der Waals surface area contributed by atoms with Crippen LogP contribution in [-0.4, -0.2) is 46.5 Å². The van der Waals surface area contributed by atoms with E-state index in [1.807, 2.05) is 19.9 Å². The summed E-state index contributed by atoms with van der Waals surface area (Å²) in [6, 6.07) is 3.52. The second-order valence-electron chi connectivity index (χ2n) is 10.7. The van der Waals surface area contributed by atoms with Crippen LogP contribution in [0.4, 0.5) is 24.5 Å². The van der Waals surface area contributed by atoms with Gasteiger partial charge in [-0.05, 0) is 30.5 Å². The number of allylic oxidation sites excluding steroid dienone is 1. The van der Waals surface area contributed by atoms with Crippen molar-refractivity contribution in [3.63, 3.8) is 0 Å². The van der Waals surface area contributed by atoms with Crippen LogP contribution in [0.2, 0.25) is 10.0 Å². The van der Waals surface area contributed by atoms with Crippen LogP contribution >= 0.6 is 23.2 Å². The summed E-state index contributed by atoms with van der Waals surface area (Å²) in [5, 5.41) is 12.5. The summed E-state index contributed by atoms with van der Waals surface area (Å²) >= 11 is 13.3. The second-order valence-corrected chi connectivity index (χ2v) is 11.4. The fraction of sp³-hybridized carbons (Fsp3) is 0.258. The fourth-order valence-electron chi connectivity index (χ4n) is 5.53. The normalized spacial score (nSPS) is 13.4. The number of hydrogen-bond acceptors (Lipinski definition) is 8. The van der Waals surface area contributed by atoms with Gasteiger partial charge in [0, 0.05) is 32.4 Å². The lowest BCUT2D eigenvalue weighted by Gasteiger charge is -2.33. The molecule has 3 N–H and O–H groups in total. The zero-order valence-electron chi connectivity index (χ0n) is 24.4. The lowest BCUT2D eigenvalue weighted by molar-refractivity contribution is 0.104. The highest BCUT2D eigenvalue weighted by molar-refractivity contribution is 6.40. The van der Waals surface area contributed by atoms with Gasteiger partial charge in [0.05, 0.1) is 55.0 Å². The average molecular weight is 656 g/mol. The smallest absolute Gasteiger partial charge is 0.275 e. The molecule has 232 valence electrons. The van der Waals surface area contributed by atoms with Gasteiger partial charge in [0.2, 0.25) is 0 Å². The lowest BCUT2D eigenvalue weighted by atomic mass is 9.96. The third-order valence-corrected chi connectivity index (χ3v) is 8.41. The number of aromatic nitrogens is 3. The van der Waals surface area contributed by atoms with Gasteiger partial charge in [-0.3, -0.25) is 19.1 Å². The minimum atomic E-state index is -1.90. The molecule has 0 amide bonds. The number of nitriles is 1. The molecule has 0 spiro atoms. The van der Waals surface area contributed by atoms with Crippen molar-refractivity contribution < 1.29 is 18.0 Å². The molecule has 0 aliphatic carbocycles. The van der Waals surface area contributed by atoms with Crippen molar-refractivity contribution in [1.82, 2.24) is 19.9 Å². The van der Waals surface area contributed by atoms with E-state index in [0.29, 0.717) is 37.4 Å². The topological polar surface area (TPSA) is 130 Å². The number of nitrogen functional groups attached to an aromatic ring is 1. The first-order chi connectivity index (χ1) is 21.4. The molecule has 5 rings (SSSR count). The zero-order valence-corrected chi connectivity index (χ0v) is 25.9. The van der Waals surface area contributed by atoms with Crippen LogP contribution in [0, 0.1) is 35.7 Å². The van der Waals surface area contributed by atoms with Crippen molar-refractivity contribution in [2.45, 2.75) is 26.7 Å². The first kappa shape index (κ1) is 32.0. The Kier molecular flexibility index (Phi) is 8.64. The van der Waals surface area contributed by atoms with Gasteiger partial charge in [0.15, 0.2) is 28.9 Å². The molecule has 0 bridgehead atoms. The molecule has 1 aromatic carbocycles. The number of hydrogen-bond donors (Lipinski definition) is 2. The summed E-state index contributed by atoms with van der Waals surface area (Å²) in [7, 11) is 0. The maximum Gasteiger partial charge on any atom is 0.275 e. The number of piperazine rings is 1. The predicted molar refractivity (Wildman–Crippen MR) is 168 cm³/mol. The van der Waals surface area contributed by atoms with Gasteiger partial charge in [0.1, 0.15) is 11.6 Å². The summed E-state index contributed by atoms with van der Waals surface area (Å²) in [6.07, 6.45) is 2.51. The number of nitrogens with zero attached hydrogens (tertiary/aromatic N) is 5. The van der Waals surface area contributed by atoms with Gasteiger partial charge in [-0.15, -0.1) is 0 Å². The summed E-state index contributed by atoms with van der Waals surface area (Å²) in [6.45, 7) is 10.5. The van der Waals surface area contributed by atoms with Gasteiger partial charge in [0.25, 0.3) is 5.56 Å². The number of carbonyl (C=O) groups is 1. The number of nitrogens with two attached hydrogens (primary N) is 1. The maximum atomic E-state index is 15.6. The molecule has 1 aliphatic heterocycles. The lowest BCUT2D eigenvalue weighted by Crippen LogP contribution is -2.44. The second kappa shape index (κ2) is 12.2. The molecule has 0 radical (unpaired) electrons. The van der Waals surface area contributed by atoms with Crippen LogP contribution in [0.1, 0.15) is 46.9 Å². The molecule has 1 fully saturated rings. The summed E-state index contributed by atoms with van der Waals surface area (Å²) in [5.74, 6) is -6.31. The third kappa shape index (κ3) is 5.01. The van der Waals surface area contributed by atoms with Crippen LogP contribution in [0.15, 0.2) is 29.7 Å². The molecular weight excluding hydrogens is 630 g/mol. The van der Waals surface area contributed by atoms with Gasteiger partial charge >= 0.3 is 0 Å². The van der Waals surface area contributed by atoms with Gasteiger partial charge < -0.3 is 16.0 Å². The summed E-state index contributed by atoms with van der Waals surface area (Å²) in [5.41, 5.74) is 3.03. The molecule has 3 aromatic heterocycles. The molecule has 1 aliphatic rings. The number of fused-ring (bicyclic) bond motifs is 1. The number of nitrogens with one attached hydrogen (secondary N) is 1. The third-order valence-electron chi connectivity index (χ3n) is 7.66. The van der Waals surface area contributed by atoms with Crippen molar-refractivity contribution in [3.8, 4) is 23.0 Å². The van der Waals surface area contributed by atoms with E-state index in [4.69, 9.17) is 28.9 Å².